The zero-order valence-electron chi connectivity index (χ0n) is 11.9. The van der Waals surface area contributed by atoms with Gasteiger partial charge in [0.2, 0.25) is 0 Å². The fourth-order valence-corrected chi connectivity index (χ4v) is 2.47. The van der Waals surface area contributed by atoms with Crippen molar-refractivity contribution in [3.63, 3.8) is 0 Å². The van der Waals surface area contributed by atoms with Crippen molar-refractivity contribution >= 4 is 5.82 Å². The first-order valence-electron chi connectivity index (χ1n) is 7.22. The second-order valence-corrected chi connectivity index (χ2v) is 5.41. The number of anilines is 1. The Kier molecular flexibility index (Phi) is 4.96. The van der Waals surface area contributed by atoms with Gasteiger partial charge in [0.15, 0.2) is 5.82 Å². The van der Waals surface area contributed by atoms with Crippen LogP contribution in [0, 0.1) is 0 Å². The summed E-state index contributed by atoms with van der Waals surface area (Å²) in [4.78, 5) is 18.7. The molecule has 0 bridgehead atoms. The molecular weight excluding hydrogens is 240 g/mol. The molecule has 0 aromatic carbocycles. The highest BCUT2D eigenvalue weighted by molar-refractivity contribution is 5.30. The normalized spacial score (nSPS) is 16.2. The van der Waals surface area contributed by atoms with Crippen LogP contribution in [-0.4, -0.2) is 40.6 Å². The van der Waals surface area contributed by atoms with E-state index in [0.717, 1.165) is 19.5 Å². The minimum atomic E-state index is -0.0290. The van der Waals surface area contributed by atoms with E-state index in [1.165, 1.54) is 25.9 Å². The first-order chi connectivity index (χ1) is 9.18. The van der Waals surface area contributed by atoms with Crippen LogP contribution >= 0.6 is 0 Å². The molecule has 0 amide bonds. The van der Waals surface area contributed by atoms with E-state index in [9.17, 15) is 4.79 Å². The topological polar surface area (TPSA) is 50.2 Å². The molecule has 0 unspecified atom stereocenters. The van der Waals surface area contributed by atoms with Crippen LogP contribution in [0.5, 0.6) is 0 Å². The van der Waals surface area contributed by atoms with Crippen molar-refractivity contribution < 1.29 is 0 Å². The van der Waals surface area contributed by atoms with Gasteiger partial charge in [-0.15, -0.1) is 0 Å². The molecule has 1 fully saturated rings. The predicted octanol–water partition coefficient (Wildman–Crippen LogP) is 1.72. The fraction of sp³-hybridized carbons (Fsp3) is 0.714. The van der Waals surface area contributed by atoms with Gasteiger partial charge in [-0.1, -0.05) is 0 Å². The molecule has 0 atom stereocenters. The van der Waals surface area contributed by atoms with Gasteiger partial charge in [-0.25, -0.2) is 4.98 Å². The largest absolute Gasteiger partial charge is 0.365 e. The third-order valence-corrected chi connectivity index (χ3v) is 3.57. The van der Waals surface area contributed by atoms with Crippen LogP contribution in [0.25, 0.3) is 0 Å². The SMILES string of the molecule is CC(C)n1ccnc(NCCCN2CCCC2)c1=O. The van der Waals surface area contributed by atoms with Gasteiger partial charge >= 0.3 is 0 Å². The van der Waals surface area contributed by atoms with E-state index >= 15 is 0 Å². The highest BCUT2D eigenvalue weighted by Crippen LogP contribution is 2.07. The molecule has 5 nitrogen and oxygen atoms in total. The van der Waals surface area contributed by atoms with E-state index in [0.29, 0.717) is 5.82 Å². The average Bonchev–Trinajstić information content (AvgIpc) is 2.89. The number of aromatic nitrogens is 2. The molecule has 1 aliphatic heterocycles. The molecule has 1 aliphatic rings. The molecule has 1 saturated heterocycles. The Morgan fingerprint density at radius 3 is 2.79 bits per heavy atom. The van der Waals surface area contributed by atoms with Crippen molar-refractivity contribution in [3.8, 4) is 0 Å². The molecule has 19 heavy (non-hydrogen) atoms. The number of nitrogens with one attached hydrogen (secondary N) is 1. The van der Waals surface area contributed by atoms with Gasteiger partial charge in [-0.05, 0) is 52.7 Å². The minimum Gasteiger partial charge on any atom is -0.365 e. The van der Waals surface area contributed by atoms with Gasteiger partial charge in [0.25, 0.3) is 5.56 Å². The Hall–Kier alpha value is -1.36. The molecule has 106 valence electrons. The smallest absolute Gasteiger partial charge is 0.293 e. The Balaban J connectivity index is 1.82. The van der Waals surface area contributed by atoms with Crippen LogP contribution in [0.3, 0.4) is 0 Å². The van der Waals surface area contributed by atoms with Crippen molar-refractivity contribution in [1.82, 2.24) is 14.5 Å². The number of hydrogen-bond acceptors (Lipinski definition) is 4. The summed E-state index contributed by atoms with van der Waals surface area (Å²) in [6.07, 6.45) is 7.13. The quantitative estimate of drug-likeness (QED) is 0.795. The third-order valence-electron chi connectivity index (χ3n) is 3.57. The van der Waals surface area contributed by atoms with Gasteiger partial charge in [-0.3, -0.25) is 4.79 Å². The summed E-state index contributed by atoms with van der Waals surface area (Å²) < 4.78 is 1.70. The molecular formula is C14H24N4O. The van der Waals surface area contributed by atoms with Crippen LogP contribution < -0.4 is 10.9 Å². The lowest BCUT2D eigenvalue weighted by Gasteiger charge is -2.15. The van der Waals surface area contributed by atoms with Crippen molar-refractivity contribution in [2.75, 3.05) is 31.5 Å². The second-order valence-electron chi connectivity index (χ2n) is 5.41. The Morgan fingerprint density at radius 2 is 2.11 bits per heavy atom. The predicted molar refractivity (Wildman–Crippen MR) is 77.7 cm³/mol. The van der Waals surface area contributed by atoms with Gasteiger partial charge in [-0.2, -0.15) is 0 Å². The number of hydrogen-bond donors (Lipinski definition) is 1. The lowest BCUT2D eigenvalue weighted by atomic mass is 10.3. The molecule has 0 radical (unpaired) electrons. The van der Waals surface area contributed by atoms with Gasteiger partial charge in [0.1, 0.15) is 0 Å². The van der Waals surface area contributed by atoms with E-state index in [1.54, 1.807) is 17.0 Å². The molecule has 0 spiro atoms. The van der Waals surface area contributed by atoms with Crippen LogP contribution in [0.15, 0.2) is 17.2 Å². The summed E-state index contributed by atoms with van der Waals surface area (Å²) in [5, 5.41) is 3.16. The summed E-state index contributed by atoms with van der Waals surface area (Å²) in [6, 6.07) is 0.167. The van der Waals surface area contributed by atoms with E-state index in [1.807, 2.05) is 13.8 Å². The van der Waals surface area contributed by atoms with Gasteiger partial charge < -0.3 is 14.8 Å². The van der Waals surface area contributed by atoms with Crippen molar-refractivity contribution in [3.05, 3.63) is 22.7 Å². The Morgan fingerprint density at radius 1 is 1.37 bits per heavy atom. The molecule has 0 saturated carbocycles. The number of nitrogens with zero attached hydrogens (tertiary/aromatic N) is 3. The lowest BCUT2D eigenvalue weighted by molar-refractivity contribution is 0.337. The number of rotatable bonds is 6. The third kappa shape index (κ3) is 3.80. The maximum atomic E-state index is 12.1. The maximum absolute atomic E-state index is 12.1. The van der Waals surface area contributed by atoms with Crippen LogP contribution in [0.1, 0.15) is 39.2 Å². The van der Waals surface area contributed by atoms with Crippen molar-refractivity contribution in [2.24, 2.45) is 0 Å². The minimum absolute atomic E-state index is 0.0290. The standard InChI is InChI=1S/C14H24N4O/c1-12(2)18-11-7-16-13(14(18)19)15-6-5-10-17-8-3-4-9-17/h7,11-12H,3-6,8-10H2,1-2H3,(H,15,16). The van der Waals surface area contributed by atoms with E-state index in [-0.39, 0.29) is 11.6 Å². The molecule has 0 aliphatic carbocycles. The van der Waals surface area contributed by atoms with E-state index in [4.69, 9.17) is 0 Å². The van der Waals surface area contributed by atoms with Gasteiger partial charge in [0.05, 0.1) is 0 Å². The lowest BCUT2D eigenvalue weighted by Crippen LogP contribution is -2.27. The highest BCUT2D eigenvalue weighted by Gasteiger charge is 2.11. The van der Waals surface area contributed by atoms with Crippen LogP contribution in [-0.2, 0) is 0 Å². The summed E-state index contributed by atoms with van der Waals surface area (Å²) >= 11 is 0. The molecule has 1 aromatic heterocycles. The monoisotopic (exact) mass is 264 g/mol. The average molecular weight is 264 g/mol. The Bertz CT molecular complexity index is 449. The summed E-state index contributed by atoms with van der Waals surface area (Å²) in [5.41, 5.74) is -0.0290. The molecule has 1 aromatic rings. The zero-order chi connectivity index (χ0) is 13.7. The fourth-order valence-electron chi connectivity index (χ4n) is 2.47. The van der Waals surface area contributed by atoms with E-state index < -0.39 is 0 Å². The molecule has 5 heteroatoms. The summed E-state index contributed by atoms with van der Waals surface area (Å²) in [6.45, 7) is 8.36. The zero-order valence-corrected chi connectivity index (χ0v) is 11.9. The second kappa shape index (κ2) is 6.70. The van der Waals surface area contributed by atoms with E-state index in [2.05, 4.69) is 15.2 Å². The molecule has 1 N–H and O–H groups in total. The maximum Gasteiger partial charge on any atom is 0.293 e. The first-order valence-corrected chi connectivity index (χ1v) is 7.22. The summed E-state index contributed by atoms with van der Waals surface area (Å²) in [7, 11) is 0. The van der Waals surface area contributed by atoms with Crippen LogP contribution in [0.4, 0.5) is 5.82 Å². The first kappa shape index (κ1) is 14.1. The highest BCUT2D eigenvalue weighted by atomic mass is 16.1. The van der Waals surface area contributed by atoms with Gasteiger partial charge in [0, 0.05) is 25.0 Å². The van der Waals surface area contributed by atoms with Crippen molar-refractivity contribution in [2.45, 2.75) is 39.2 Å². The summed E-state index contributed by atoms with van der Waals surface area (Å²) in [5.74, 6) is 0.470. The number of likely N-dealkylation sites (tertiary alicyclic amines) is 1. The van der Waals surface area contributed by atoms with Crippen molar-refractivity contribution in [1.29, 1.82) is 0 Å². The van der Waals surface area contributed by atoms with Crippen LogP contribution in [0.2, 0.25) is 0 Å². The molecule has 2 rings (SSSR count). The molecule has 2 heterocycles. The Labute approximate surface area is 114 Å².